The normalized spacial score (nSPS) is 10.8. The van der Waals surface area contributed by atoms with E-state index in [2.05, 4.69) is 15.4 Å². The summed E-state index contributed by atoms with van der Waals surface area (Å²) in [6.07, 6.45) is 0. The van der Waals surface area contributed by atoms with Crippen LogP contribution < -0.4 is 14.8 Å². The van der Waals surface area contributed by atoms with Crippen molar-refractivity contribution in [2.45, 2.75) is 13.8 Å². The number of nitrogens with zero attached hydrogens (tertiary/aromatic N) is 4. The molecule has 0 fully saturated rings. The molecule has 1 heterocycles. The number of carbonyl (C=O) groups excluding carboxylic acids is 1. The fraction of sp³-hybridized carbons (Fsp3) is 0.192. The van der Waals surface area contributed by atoms with Crippen LogP contribution >= 0.6 is 0 Å². The average Bonchev–Trinajstić information content (AvgIpc) is 3.32. The second-order valence-electron chi connectivity index (χ2n) is 8.37. The molecule has 0 bridgehead atoms. The Labute approximate surface area is 207 Å². The van der Waals surface area contributed by atoms with Crippen molar-refractivity contribution < 1.29 is 19.2 Å². The predicted octanol–water partition coefficient (Wildman–Crippen LogP) is 5.14. The third-order valence-electron chi connectivity index (χ3n) is 5.19. The van der Waals surface area contributed by atoms with E-state index in [0.717, 1.165) is 17.0 Å². The van der Waals surface area contributed by atoms with Crippen LogP contribution in [0.2, 0.25) is 0 Å². The zero-order valence-corrected chi connectivity index (χ0v) is 20.0. The van der Waals surface area contributed by atoms with Crippen molar-refractivity contribution in [1.29, 1.82) is 0 Å². The lowest BCUT2D eigenvalue weighted by molar-refractivity contribution is -0.384. The van der Waals surface area contributed by atoms with Crippen LogP contribution in [0.5, 0.6) is 11.8 Å². The van der Waals surface area contributed by atoms with Crippen molar-refractivity contribution in [1.82, 2.24) is 14.8 Å². The molecule has 0 unspecified atom stereocenters. The van der Waals surface area contributed by atoms with Crippen LogP contribution in [0.4, 0.5) is 11.4 Å². The van der Waals surface area contributed by atoms with E-state index in [4.69, 9.17) is 9.47 Å². The molecule has 0 saturated heterocycles. The molecule has 0 aliphatic carbocycles. The van der Waals surface area contributed by atoms with Crippen LogP contribution in [0.3, 0.4) is 0 Å². The minimum atomic E-state index is -0.510. The van der Waals surface area contributed by atoms with Gasteiger partial charge in [-0.15, -0.1) is 5.10 Å². The molecule has 1 aromatic heterocycles. The number of nitrogens with one attached hydrogen (secondary N) is 1. The Kier molecular flexibility index (Phi) is 7.24. The number of amides is 1. The average molecular weight is 488 g/mol. The fourth-order valence-electron chi connectivity index (χ4n) is 3.33. The second kappa shape index (κ2) is 10.7. The highest BCUT2D eigenvalue weighted by molar-refractivity contribution is 6.04. The molecule has 3 aromatic carbocycles. The summed E-state index contributed by atoms with van der Waals surface area (Å²) in [6, 6.07) is 20.3. The molecule has 4 rings (SSSR count). The molecule has 1 amide bonds. The smallest absolute Gasteiger partial charge is 0.336 e. The van der Waals surface area contributed by atoms with Crippen molar-refractivity contribution >= 4 is 17.3 Å². The lowest BCUT2D eigenvalue weighted by Crippen LogP contribution is -2.12. The lowest BCUT2D eigenvalue weighted by atomic mass is 10.2. The van der Waals surface area contributed by atoms with Gasteiger partial charge in [0.1, 0.15) is 5.75 Å². The summed E-state index contributed by atoms with van der Waals surface area (Å²) < 4.78 is 12.7. The van der Waals surface area contributed by atoms with Crippen molar-refractivity contribution in [3.8, 4) is 28.8 Å². The van der Waals surface area contributed by atoms with Crippen LogP contribution in [0.1, 0.15) is 24.2 Å². The van der Waals surface area contributed by atoms with Gasteiger partial charge >= 0.3 is 6.01 Å². The Bertz CT molecular complexity index is 1350. The summed E-state index contributed by atoms with van der Waals surface area (Å²) in [5.41, 5.74) is 2.35. The van der Waals surface area contributed by atoms with Crippen LogP contribution in [0, 0.1) is 16.0 Å². The molecule has 4 aromatic rings. The Morgan fingerprint density at radius 2 is 1.69 bits per heavy atom. The van der Waals surface area contributed by atoms with Crippen LogP contribution in [-0.2, 0) is 0 Å². The topological polar surface area (TPSA) is 121 Å². The molecule has 184 valence electrons. The molecule has 1 N–H and O–H groups in total. The van der Waals surface area contributed by atoms with E-state index in [9.17, 15) is 14.9 Å². The number of methoxy groups -OCH3 is 1. The summed E-state index contributed by atoms with van der Waals surface area (Å²) >= 11 is 0. The first kappa shape index (κ1) is 24.4. The summed E-state index contributed by atoms with van der Waals surface area (Å²) in [6.45, 7) is 4.58. The van der Waals surface area contributed by atoms with E-state index >= 15 is 0 Å². The van der Waals surface area contributed by atoms with E-state index in [-0.39, 0.29) is 17.6 Å². The molecule has 0 aliphatic rings. The van der Waals surface area contributed by atoms with Gasteiger partial charge in [-0.25, -0.2) is 4.68 Å². The van der Waals surface area contributed by atoms with Gasteiger partial charge in [0.25, 0.3) is 11.6 Å². The Morgan fingerprint density at radius 3 is 2.28 bits per heavy atom. The van der Waals surface area contributed by atoms with E-state index in [1.165, 1.54) is 24.3 Å². The third kappa shape index (κ3) is 5.66. The molecule has 36 heavy (non-hydrogen) atoms. The second-order valence-corrected chi connectivity index (χ2v) is 8.37. The molecule has 10 nitrogen and oxygen atoms in total. The SMILES string of the molecule is COc1ccc(-c2nc(OCC(C)C)nn2-c2ccc(NC(=O)c3ccc([N+](=O)[O-])cc3)cc2)cc1. The highest BCUT2D eigenvalue weighted by atomic mass is 16.6. The van der Waals surface area contributed by atoms with E-state index in [1.807, 2.05) is 38.1 Å². The largest absolute Gasteiger partial charge is 0.497 e. The van der Waals surface area contributed by atoms with Gasteiger partial charge in [-0.05, 0) is 66.6 Å². The van der Waals surface area contributed by atoms with Gasteiger partial charge in [-0.2, -0.15) is 4.98 Å². The third-order valence-corrected chi connectivity index (χ3v) is 5.19. The van der Waals surface area contributed by atoms with E-state index in [1.54, 1.807) is 36.1 Å². The first-order valence-corrected chi connectivity index (χ1v) is 11.2. The number of benzene rings is 3. The first-order valence-electron chi connectivity index (χ1n) is 11.2. The van der Waals surface area contributed by atoms with Crippen molar-refractivity contribution in [3.05, 3.63) is 88.5 Å². The first-order chi connectivity index (χ1) is 17.3. The van der Waals surface area contributed by atoms with E-state index in [0.29, 0.717) is 29.6 Å². The summed E-state index contributed by atoms with van der Waals surface area (Å²) in [5.74, 6) is 1.27. The molecule has 0 spiro atoms. The van der Waals surface area contributed by atoms with Crippen molar-refractivity contribution in [3.63, 3.8) is 0 Å². The Balaban J connectivity index is 1.57. The minimum absolute atomic E-state index is 0.0758. The van der Waals surface area contributed by atoms with Crippen LogP contribution in [0.15, 0.2) is 72.8 Å². The Morgan fingerprint density at radius 1 is 1.03 bits per heavy atom. The predicted molar refractivity (Wildman–Crippen MR) is 135 cm³/mol. The van der Waals surface area contributed by atoms with E-state index < -0.39 is 4.92 Å². The quantitative estimate of drug-likeness (QED) is 0.256. The fourth-order valence-corrected chi connectivity index (χ4v) is 3.33. The lowest BCUT2D eigenvalue weighted by Gasteiger charge is -2.09. The number of carbonyl (C=O) groups is 1. The highest BCUT2D eigenvalue weighted by Gasteiger charge is 2.16. The molecule has 0 radical (unpaired) electrons. The number of nitro benzene ring substituents is 1. The minimum Gasteiger partial charge on any atom is -0.497 e. The summed E-state index contributed by atoms with van der Waals surface area (Å²) in [4.78, 5) is 27.4. The number of rotatable bonds is 9. The Hall–Kier alpha value is -4.73. The highest BCUT2D eigenvalue weighted by Crippen LogP contribution is 2.26. The zero-order chi connectivity index (χ0) is 25.7. The monoisotopic (exact) mass is 487 g/mol. The zero-order valence-electron chi connectivity index (χ0n) is 20.0. The maximum absolute atomic E-state index is 12.5. The molecule has 10 heteroatoms. The van der Waals surface area contributed by atoms with Crippen LogP contribution in [0.25, 0.3) is 17.1 Å². The number of hydrogen-bond acceptors (Lipinski definition) is 7. The molecule has 0 saturated carbocycles. The van der Waals surface area contributed by atoms with Gasteiger partial charge in [0, 0.05) is 28.9 Å². The van der Waals surface area contributed by atoms with Gasteiger partial charge in [0.05, 0.1) is 24.3 Å². The van der Waals surface area contributed by atoms with Gasteiger partial charge in [0.15, 0.2) is 5.82 Å². The number of aromatic nitrogens is 3. The maximum atomic E-state index is 12.5. The molecular formula is C26H25N5O5. The number of ether oxygens (including phenoxy) is 2. The van der Waals surface area contributed by atoms with Gasteiger partial charge < -0.3 is 14.8 Å². The van der Waals surface area contributed by atoms with Crippen molar-refractivity contribution in [2.75, 3.05) is 19.0 Å². The number of non-ortho nitro benzene ring substituents is 1. The molecule has 0 atom stereocenters. The molecule has 0 aliphatic heterocycles. The van der Waals surface area contributed by atoms with Crippen molar-refractivity contribution in [2.24, 2.45) is 5.92 Å². The van der Waals surface area contributed by atoms with Gasteiger partial charge in [-0.3, -0.25) is 14.9 Å². The number of hydrogen-bond donors (Lipinski definition) is 1. The number of nitro groups is 1. The summed E-state index contributed by atoms with van der Waals surface area (Å²) in [7, 11) is 1.61. The molecular weight excluding hydrogens is 462 g/mol. The van der Waals surface area contributed by atoms with Gasteiger partial charge in [0.2, 0.25) is 0 Å². The van der Waals surface area contributed by atoms with Crippen LogP contribution in [-0.4, -0.2) is 39.3 Å². The van der Waals surface area contributed by atoms with Gasteiger partial charge in [-0.1, -0.05) is 13.8 Å². The maximum Gasteiger partial charge on any atom is 0.336 e. The summed E-state index contributed by atoms with van der Waals surface area (Å²) in [5, 5.41) is 18.1. The standard InChI is InChI=1S/C26H25N5O5/c1-17(2)16-36-26-28-24(18-6-14-23(35-3)15-7-18)30(29-26)21-12-8-20(9-13-21)27-25(32)19-4-10-22(11-5-19)31(33)34/h4-15,17H,16H2,1-3H3,(H,27,32). The number of anilines is 1.